The average molecular weight is 253 g/mol. The second-order valence-corrected chi connectivity index (χ2v) is 5.22. The number of methoxy groups -OCH3 is 1. The van der Waals surface area contributed by atoms with Crippen molar-refractivity contribution >= 4 is 0 Å². The molecule has 0 saturated carbocycles. The summed E-state index contributed by atoms with van der Waals surface area (Å²) in [5.74, 6) is 0.720. The Labute approximate surface area is 111 Å². The molecule has 0 radical (unpaired) electrons. The molecule has 1 aromatic rings. The van der Waals surface area contributed by atoms with Gasteiger partial charge in [-0.25, -0.2) is 0 Å². The van der Waals surface area contributed by atoms with Gasteiger partial charge >= 0.3 is 0 Å². The average Bonchev–Trinajstić information content (AvgIpc) is 2.58. The molecule has 1 aromatic heterocycles. The number of hydrogen-bond acceptors (Lipinski definition) is 3. The van der Waals surface area contributed by atoms with Crippen molar-refractivity contribution < 1.29 is 4.74 Å². The maximum Gasteiger partial charge on any atom is 0.0641 e. The molecule has 0 unspecified atom stereocenters. The van der Waals surface area contributed by atoms with Gasteiger partial charge in [-0.05, 0) is 26.2 Å². The van der Waals surface area contributed by atoms with Crippen LogP contribution < -0.4 is 5.32 Å². The summed E-state index contributed by atoms with van der Waals surface area (Å²) < 4.78 is 7.17. The van der Waals surface area contributed by atoms with E-state index in [4.69, 9.17) is 4.74 Å². The molecule has 0 atom stereocenters. The van der Waals surface area contributed by atoms with E-state index in [1.54, 1.807) is 7.11 Å². The largest absolute Gasteiger partial charge is 0.383 e. The van der Waals surface area contributed by atoms with E-state index in [0.717, 1.165) is 37.9 Å². The summed E-state index contributed by atoms with van der Waals surface area (Å²) in [6.45, 7) is 12.3. The molecule has 0 bridgehead atoms. The highest BCUT2D eigenvalue weighted by molar-refractivity contribution is 5.24. The van der Waals surface area contributed by atoms with Crippen LogP contribution in [0.3, 0.4) is 0 Å². The number of aromatic nitrogens is 2. The highest BCUT2D eigenvalue weighted by atomic mass is 16.5. The Kier molecular flexibility index (Phi) is 6.36. The molecule has 0 saturated heterocycles. The third-order valence-electron chi connectivity index (χ3n) is 3.23. The van der Waals surface area contributed by atoms with Crippen molar-refractivity contribution in [2.24, 2.45) is 5.92 Å². The zero-order valence-electron chi connectivity index (χ0n) is 12.4. The van der Waals surface area contributed by atoms with Crippen LogP contribution in [-0.4, -0.2) is 30.0 Å². The number of hydrogen-bond donors (Lipinski definition) is 1. The predicted molar refractivity (Wildman–Crippen MR) is 74.7 cm³/mol. The van der Waals surface area contributed by atoms with Crippen LogP contribution in [0.25, 0.3) is 0 Å². The lowest BCUT2D eigenvalue weighted by molar-refractivity contribution is 0.199. The lowest BCUT2D eigenvalue weighted by atomic mass is 10.1. The topological polar surface area (TPSA) is 39.1 Å². The van der Waals surface area contributed by atoms with Crippen LogP contribution in [-0.2, 0) is 17.8 Å². The fourth-order valence-electron chi connectivity index (χ4n) is 1.98. The quantitative estimate of drug-likeness (QED) is 0.722. The van der Waals surface area contributed by atoms with Gasteiger partial charge in [-0.1, -0.05) is 13.8 Å². The summed E-state index contributed by atoms with van der Waals surface area (Å²) in [5, 5.41) is 8.01. The third-order valence-corrected chi connectivity index (χ3v) is 3.23. The first-order valence-electron chi connectivity index (χ1n) is 6.78. The molecule has 0 aliphatic heterocycles. The lowest BCUT2D eigenvalue weighted by Gasteiger charge is -2.08. The molecule has 1 heterocycles. The van der Waals surface area contributed by atoms with Gasteiger partial charge in [-0.2, -0.15) is 5.10 Å². The van der Waals surface area contributed by atoms with Gasteiger partial charge in [0.1, 0.15) is 0 Å². The Morgan fingerprint density at radius 2 is 2.06 bits per heavy atom. The first kappa shape index (κ1) is 15.2. The van der Waals surface area contributed by atoms with Crippen molar-refractivity contribution in [1.29, 1.82) is 0 Å². The fourth-order valence-corrected chi connectivity index (χ4v) is 1.98. The molecule has 0 aliphatic rings. The molecule has 0 fully saturated rings. The number of nitrogens with one attached hydrogen (secondary N) is 1. The molecule has 104 valence electrons. The second-order valence-electron chi connectivity index (χ2n) is 5.22. The Bertz CT molecular complexity index is 358. The molecule has 0 spiro atoms. The Balaban J connectivity index is 2.57. The highest BCUT2D eigenvalue weighted by Gasteiger charge is 2.11. The van der Waals surface area contributed by atoms with Gasteiger partial charge in [0.25, 0.3) is 0 Å². The number of nitrogens with zero attached hydrogens (tertiary/aromatic N) is 2. The van der Waals surface area contributed by atoms with Gasteiger partial charge in [0.2, 0.25) is 0 Å². The van der Waals surface area contributed by atoms with Crippen LogP contribution in [0, 0.1) is 19.8 Å². The van der Waals surface area contributed by atoms with Crippen molar-refractivity contribution in [3.8, 4) is 0 Å². The van der Waals surface area contributed by atoms with Crippen LogP contribution in [0.15, 0.2) is 0 Å². The molecular formula is C14H27N3O. The minimum atomic E-state index is 0.720. The van der Waals surface area contributed by atoms with E-state index in [2.05, 4.69) is 42.8 Å². The summed E-state index contributed by atoms with van der Waals surface area (Å²) in [7, 11) is 1.72. The van der Waals surface area contributed by atoms with Gasteiger partial charge in [-0.3, -0.25) is 4.68 Å². The monoisotopic (exact) mass is 253 g/mol. The van der Waals surface area contributed by atoms with E-state index in [1.165, 1.54) is 17.7 Å². The maximum atomic E-state index is 5.03. The minimum Gasteiger partial charge on any atom is -0.383 e. The van der Waals surface area contributed by atoms with Crippen LogP contribution in [0.5, 0.6) is 0 Å². The first-order chi connectivity index (χ1) is 8.56. The van der Waals surface area contributed by atoms with Crippen molar-refractivity contribution in [3.05, 3.63) is 17.0 Å². The Morgan fingerprint density at radius 1 is 1.33 bits per heavy atom. The van der Waals surface area contributed by atoms with E-state index in [1.807, 2.05) is 0 Å². The Morgan fingerprint density at radius 3 is 2.67 bits per heavy atom. The molecule has 4 nitrogen and oxygen atoms in total. The molecule has 1 rings (SSSR count). The summed E-state index contributed by atoms with van der Waals surface area (Å²) in [6, 6.07) is 0. The standard InChI is InChI=1S/C14H27N3O/c1-11(2)6-8-17-13(4)14(12(3)16-17)10-15-7-9-18-5/h11,15H,6-10H2,1-5H3. The van der Waals surface area contributed by atoms with Crippen molar-refractivity contribution in [3.63, 3.8) is 0 Å². The lowest BCUT2D eigenvalue weighted by Crippen LogP contribution is -2.19. The van der Waals surface area contributed by atoms with Crippen LogP contribution in [0.2, 0.25) is 0 Å². The van der Waals surface area contributed by atoms with Gasteiger partial charge in [0, 0.05) is 38.0 Å². The molecule has 18 heavy (non-hydrogen) atoms. The van der Waals surface area contributed by atoms with Crippen LogP contribution in [0.4, 0.5) is 0 Å². The first-order valence-corrected chi connectivity index (χ1v) is 6.78. The van der Waals surface area contributed by atoms with E-state index in [9.17, 15) is 0 Å². The molecule has 0 amide bonds. The smallest absolute Gasteiger partial charge is 0.0641 e. The van der Waals surface area contributed by atoms with Gasteiger partial charge in [-0.15, -0.1) is 0 Å². The molecule has 4 heteroatoms. The van der Waals surface area contributed by atoms with Gasteiger partial charge < -0.3 is 10.1 Å². The maximum absolute atomic E-state index is 5.03. The second kappa shape index (κ2) is 7.54. The van der Waals surface area contributed by atoms with E-state index in [0.29, 0.717) is 0 Å². The molecular weight excluding hydrogens is 226 g/mol. The fraction of sp³-hybridized carbons (Fsp3) is 0.786. The number of rotatable bonds is 8. The van der Waals surface area contributed by atoms with Crippen LogP contribution in [0.1, 0.15) is 37.2 Å². The summed E-state index contributed by atoms with van der Waals surface area (Å²) >= 11 is 0. The highest BCUT2D eigenvalue weighted by Crippen LogP contribution is 2.14. The van der Waals surface area contributed by atoms with Crippen molar-refractivity contribution in [2.45, 2.75) is 47.2 Å². The summed E-state index contributed by atoms with van der Waals surface area (Å²) in [4.78, 5) is 0. The number of ether oxygens (including phenoxy) is 1. The zero-order chi connectivity index (χ0) is 13.5. The zero-order valence-corrected chi connectivity index (χ0v) is 12.4. The SMILES string of the molecule is COCCNCc1c(C)nn(CCC(C)C)c1C. The van der Waals surface area contributed by atoms with Crippen molar-refractivity contribution in [1.82, 2.24) is 15.1 Å². The van der Waals surface area contributed by atoms with E-state index < -0.39 is 0 Å². The van der Waals surface area contributed by atoms with E-state index in [-0.39, 0.29) is 0 Å². The summed E-state index contributed by atoms with van der Waals surface area (Å²) in [6.07, 6.45) is 1.18. The molecule has 0 aromatic carbocycles. The molecule has 0 aliphatic carbocycles. The van der Waals surface area contributed by atoms with E-state index >= 15 is 0 Å². The minimum absolute atomic E-state index is 0.720. The van der Waals surface area contributed by atoms with Crippen molar-refractivity contribution in [2.75, 3.05) is 20.3 Å². The number of aryl methyl sites for hydroxylation is 2. The van der Waals surface area contributed by atoms with Gasteiger partial charge in [0.05, 0.1) is 12.3 Å². The summed E-state index contributed by atoms with van der Waals surface area (Å²) in [5.41, 5.74) is 3.76. The molecule has 1 N–H and O–H groups in total. The normalized spacial score (nSPS) is 11.4. The van der Waals surface area contributed by atoms with Crippen LogP contribution >= 0.6 is 0 Å². The predicted octanol–water partition coefficient (Wildman–Crippen LogP) is 2.28. The Hall–Kier alpha value is -0.870. The third kappa shape index (κ3) is 4.42. The van der Waals surface area contributed by atoms with Gasteiger partial charge in [0.15, 0.2) is 0 Å².